The second-order valence-electron chi connectivity index (χ2n) is 9.76. The molecule has 0 bridgehead atoms. The molecular weight excluding hydrogens is 526 g/mol. The summed E-state index contributed by atoms with van der Waals surface area (Å²) in [6.07, 6.45) is 5.67. The van der Waals surface area contributed by atoms with Crippen LogP contribution in [0.5, 0.6) is 0 Å². The molecule has 1 saturated carbocycles. The van der Waals surface area contributed by atoms with E-state index in [0.29, 0.717) is 29.8 Å². The molecule has 1 aliphatic rings. The number of ether oxygens (including phenoxy) is 1. The summed E-state index contributed by atoms with van der Waals surface area (Å²) in [4.78, 5) is 17.8. The molecule has 2 aromatic carbocycles. The molecule has 6 nitrogen and oxygen atoms in total. The highest BCUT2D eigenvalue weighted by molar-refractivity contribution is 7.90. The van der Waals surface area contributed by atoms with Gasteiger partial charge in [0.25, 0.3) is 0 Å². The predicted molar refractivity (Wildman–Crippen MR) is 156 cm³/mol. The number of esters is 1. The number of thiazole rings is 1. The molecule has 0 aliphatic heterocycles. The van der Waals surface area contributed by atoms with E-state index in [2.05, 4.69) is 41.1 Å². The van der Waals surface area contributed by atoms with Crippen LogP contribution in [-0.4, -0.2) is 38.1 Å². The number of aryl methyl sites for hydroxylation is 1. The van der Waals surface area contributed by atoms with Crippen molar-refractivity contribution in [1.29, 1.82) is 0 Å². The number of nitrogens with zero attached hydrogens (tertiary/aromatic N) is 3. The van der Waals surface area contributed by atoms with E-state index in [1.165, 1.54) is 24.2 Å². The van der Waals surface area contributed by atoms with E-state index in [1.54, 1.807) is 18.6 Å². The number of carbonyl (C=O) groups excluding carboxylic acids is 1. The number of benzene rings is 2. The van der Waals surface area contributed by atoms with Gasteiger partial charge in [-0.05, 0) is 80.9 Å². The van der Waals surface area contributed by atoms with Crippen LogP contribution in [-0.2, 0) is 28.8 Å². The van der Waals surface area contributed by atoms with E-state index in [4.69, 9.17) is 9.84 Å². The first-order chi connectivity index (χ1) is 18.9. The molecule has 1 aliphatic carbocycles. The number of hydrogen-bond acceptors (Lipinski definition) is 6. The van der Waals surface area contributed by atoms with Crippen LogP contribution in [0.3, 0.4) is 0 Å². The van der Waals surface area contributed by atoms with E-state index in [0.717, 1.165) is 50.5 Å². The van der Waals surface area contributed by atoms with Gasteiger partial charge >= 0.3 is 5.97 Å². The number of hydrogen-bond donors (Lipinski definition) is 0. The molecular formula is C31H31N3O3S2. The minimum Gasteiger partial charge on any atom is -0.612 e. The van der Waals surface area contributed by atoms with Crippen molar-refractivity contribution in [2.45, 2.75) is 51.3 Å². The second kappa shape index (κ2) is 11.8. The summed E-state index contributed by atoms with van der Waals surface area (Å²) in [5.74, 6) is 6.33. The molecule has 1 atom stereocenters. The molecule has 1 unspecified atom stereocenters. The first-order valence-corrected chi connectivity index (χ1v) is 15.5. The zero-order valence-electron chi connectivity index (χ0n) is 22.6. The van der Waals surface area contributed by atoms with Gasteiger partial charge in [-0.15, -0.1) is 17.3 Å². The zero-order valence-corrected chi connectivity index (χ0v) is 24.2. The Morgan fingerprint density at radius 2 is 2.08 bits per heavy atom. The maximum atomic E-state index is 12.4. The Labute approximate surface area is 236 Å². The first-order valence-electron chi connectivity index (χ1n) is 13.1. The van der Waals surface area contributed by atoms with Gasteiger partial charge < -0.3 is 9.29 Å². The Kier molecular flexibility index (Phi) is 8.22. The van der Waals surface area contributed by atoms with Crippen LogP contribution < -0.4 is 0 Å². The fraction of sp³-hybridized carbons (Fsp3) is 0.323. The van der Waals surface area contributed by atoms with Crippen molar-refractivity contribution in [3.63, 3.8) is 0 Å². The summed E-state index contributed by atoms with van der Waals surface area (Å²) in [5, 5.41) is 7.52. The summed E-state index contributed by atoms with van der Waals surface area (Å²) in [6, 6.07) is 14.3. The van der Waals surface area contributed by atoms with Crippen LogP contribution in [0.4, 0.5) is 0 Å². The minimum absolute atomic E-state index is 0.298. The van der Waals surface area contributed by atoms with Crippen molar-refractivity contribution in [2.75, 3.05) is 12.9 Å². The van der Waals surface area contributed by atoms with Gasteiger partial charge in [0.05, 0.1) is 18.0 Å². The van der Waals surface area contributed by atoms with Crippen LogP contribution in [0, 0.1) is 24.7 Å². The lowest BCUT2D eigenvalue weighted by molar-refractivity contribution is 0.0520. The van der Waals surface area contributed by atoms with Gasteiger partial charge in [0.2, 0.25) is 5.13 Å². The number of carbonyl (C=O) groups is 1. The third kappa shape index (κ3) is 6.11. The van der Waals surface area contributed by atoms with Crippen LogP contribution in [0.2, 0.25) is 0 Å². The van der Waals surface area contributed by atoms with Crippen molar-refractivity contribution >= 4 is 28.5 Å². The molecule has 0 N–H and O–H groups in total. The Bertz CT molecular complexity index is 1570. The molecule has 5 rings (SSSR count). The molecule has 1 fully saturated rings. The van der Waals surface area contributed by atoms with Crippen LogP contribution in [0.15, 0.2) is 52.7 Å². The zero-order chi connectivity index (χ0) is 27.5. The van der Waals surface area contributed by atoms with E-state index < -0.39 is 17.1 Å². The molecule has 4 aromatic rings. The molecule has 0 amide bonds. The first kappa shape index (κ1) is 27.2. The molecule has 0 saturated heterocycles. The van der Waals surface area contributed by atoms with Gasteiger partial charge in [0, 0.05) is 34.1 Å². The highest BCUT2D eigenvalue weighted by Crippen LogP contribution is 2.38. The molecule has 8 heteroatoms. The maximum absolute atomic E-state index is 12.4. The lowest BCUT2D eigenvalue weighted by atomic mass is 9.95. The fourth-order valence-corrected chi connectivity index (χ4v) is 6.30. The monoisotopic (exact) mass is 557 g/mol. The normalized spacial score (nSPS) is 13.6. The number of rotatable bonds is 9. The fourth-order valence-electron chi connectivity index (χ4n) is 4.76. The van der Waals surface area contributed by atoms with Crippen molar-refractivity contribution < 1.29 is 14.1 Å². The van der Waals surface area contributed by atoms with Crippen molar-refractivity contribution in [1.82, 2.24) is 14.8 Å². The summed E-state index contributed by atoms with van der Waals surface area (Å²) >= 11 is 0.357. The molecule has 2 heterocycles. The van der Waals surface area contributed by atoms with Gasteiger partial charge in [-0.25, -0.2) is 14.5 Å². The maximum Gasteiger partial charge on any atom is 0.357 e. The third-order valence-corrected chi connectivity index (χ3v) is 8.66. The molecule has 39 heavy (non-hydrogen) atoms. The Morgan fingerprint density at radius 3 is 2.77 bits per heavy atom. The van der Waals surface area contributed by atoms with E-state index in [-0.39, 0.29) is 0 Å². The van der Waals surface area contributed by atoms with E-state index in [9.17, 15) is 9.35 Å². The van der Waals surface area contributed by atoms with Crippen molar-refractivity contribution in [3.05, 3.63) is 81.5 Å². The van der Waals surface area contributed by atoms with Gasteiger partial charge in [0.15, 0.2) is 10.6 Å². The molecule has 200 valence electrons. The summed E-state index contributed by atoms with van der Waals surface area (Å²) in [6.45, 7) is 5.93. The summed E-state index contributed by atoms with van der Waals surface area (Å²) in [7, 11) is 0. The summed E-state index contributed by atoms with van der Waals surface area (Å²) < 4.78 is 19.2. The van der Waals surface area contributed by atoms with Gasteiger partial charge in [-0.1, -0.05) is 30.2 Å². The Hall–Kier alpha value is -3.38. The van der Waals surface area contributed by atoms with Crippen LogP contribution in [0.1, 0.15) is 65.1 Å². The predicted octanol–water partition coefficient (Wildman–Crippen LogP) is 6.13. The lowest BCUT2D eigenvalue weighted by Gasteiger charge is -2.11. The standard InChI is InChI=1S/C31H31N3O3S2/c1-5-8-21-9-7-10-24(16-21)29-25(17-23-13-14-28(39(4)36)20(3)15-23)27(18-22-11-12-22)34(33-29)31-32-26(19-38-31)30(35)37-6-2/h7,9-10,13-16,19,22H,6,11-12,17-18H2,1-4H3. The van der Waals surface area contributed by atoms with E-state index in [1.807, 2.05) is 36.7 Å². The molecule has 2 aromatic heterocycles. The highest BCUT2D eigenvalue weighted by Gasteiger charge is 2.29. The smallest absolute Gasteiger partial charge is 0.357 e. The van der Waals surface area contributed by atoms with Crippen LogP contribution >= 0.6 is 11.3 Å². The Morgan fingerprint density at radius 1 is 1.26 bits per heavy atom. The Balaban J connectivity index is 1.66. The van der Waals surface area contributed by atoms with Gasteiger partial charge in [-0.3, -0.25) is 0 Å². The topological polar surface area (TPSA) is 80.1 Å². The highest BCUT2D eigenvalue weighted by atomic mass is 32.2. The number of aromatic nitrogens is 3. The molecule has 0 radical (unpaired) electrons. The lowest BCUT2D eigenvalue weighted by Crippen LogP contribution is -2.08. The van der Waals surface area contributed by atoms with Gasteiger partial charge in [0.1, 0.15) is 6.26 Å². The van der Waals surface area contributed by atoms with Crippen molar-refractivity contribution in [2.24, 2.45) is 5.92 Å². The second-order valence-corrected chi connectivity index (χ2v) is 11.9. The van der Waals surface area contributed by atoms with E-state index >= 15 is 0 Å². The quantitative estimate of drug-likeness (QED) is 0.140. The molecule has 0 spiro atoms. The average Bonchev–Trinajstić information content (AvgIpc) is 3.47. The van der Waals surface area contributed by atoms with Crippen LogP contribution in [0.25, 0.3) is 16.4 Å². The third-order valence-electron chi connectivity index (χ3n) is 6.76. The van der Waals surface area contributed by atoms with Crippen molar-refractivity contribution in [3.8, 4) is 28.2 Å². The largest absolute Gasteiger partial charge is 0.612 e. The SMILES string of the molecule is CC#Cc1cccc(-c2nn(-c3nc(C(=O)OCC)cs3)c(CC3CC3)c2Cc2ccc([S+](C)[O-])c(C)c2)c1. The minimum atomic E-state index is -1.04. The summed E-state index contributed by atoms with van der Waals surface area (Å²) in [5.41, 5.74) is 7.52. The average molecular weight is 558 g/mol. The van der Waals surface area contributed by atoms with Gasteiger partial charge in [-0.2, -0.15) is 5.10 Å².